The molecule has 4 heteroatoms. The molecule has 3 aromatic carbocycles. The molecule has 0 aromatic heterocycles. The number of nitrogens with one attached hydrogen (secondary N) is 1. The summed E-state index contributed by atoms with van der Waals surface area (Å²) in [5.74, 6) is 0.193. The van der Waals surface area contributed by atoms with Gasteiger partial charge in [0.2, 0.25) is 5.91 Å². The second kappa shape index (κ2) is 8.30. The van der Waals surface area contributed by atoms with Gasteiger partial charge in [0.1, 0.15) is 18.2 Å². The van der Waals surface area contributed by atoms with Gasteiger partial charge in [0.25, 0.3) is 0 Å². The summed E-state index contributed by atoms with van der Waals surface area (Å²) in [6.45, 7) is 2.20. The van der Waals surface area contributed by atoms with Crippen LogP contribution in [0.2, 0.25) is 0 Å². The van der Waals surface area contributed by atoms with Crippen LogP contribution >= 0.6 is 0 Å². The molecule has 1 N–H and O–H groups in total. The maximum Gasteiger partial charge on any atom is 0.228 e. The van der Waals surface area contributed by atoms with E-state index < -0.39 is 0 Å². The van der Waals surface area contributed by atoms with E-state index in [9.17, 15) is 9.18 Å². The molecule has 0 saturated heterocycles. The van der Waals surface area contributed by atoms with Gasteiger partial charge in [-0.15, -0.1) is 0 Å². The smallest absolute Gasteiger partial charge is 0.228 e. The number of amides is 1. The van der Waals surface area contributed by atoms with Crippen LogP contribution in [-0.4, -0.2) is 5.91 Å². The molecule has 0 saturated carbocycles. The maximum atomic E-state index is 13.2. The third-order valence-corrected chi connectivity index (χ3v) is 4.02. The maximum absolute atomic E-state index is 13.2. The summed E-state index contributed by atoms with van der Waals surface area (Å²) in [6, 6.07) is 21.6. The van der Waals surface area contributed by atoms with Crippen LogP contribution in [0.5, 0.6) is 5.75 Å². The van der Waals surface area contributed by atoms with Crippen LogP contribution < -0.4 is 10.1 Å². The fourth-order valence-corrected chi connectivity index (χ4v) is 2.66. The van der Waals surface area contributed by atoms with Crippen LogP contribution in [0.25, 0.3) is 0 Å². The zero-order valence-corrected chi connectivity index (χ0v) is 14.5. The van der Waals surface area contributed by atoms with E-state index in [0.29, 0.717) is 23.6 Å². The van der Waals surface area contributed by atoms with E-state index in [1.54, 1.807) is 13.0 Å². The molecule has 26 heavy (non-hydrogen) atoms. The number of para-hydroxylation sites is 1. The van der Waals surface area contributed by atoms with Crippen molar-refractivity contribution >= 4 is 11.6 Å². The van der Waals surface area contributed by atoms with Crippen LogP contribution in [0.3, 0.4) is 0 Å². The normalized spacial score (nSPS) is 10.4. The van der Waals surface area contributed by atoms with Crippen molar-refractivity contribution in [3.63, 3.8) is 0 Å². The molecule has 0 aliphatic rings. The third-order valence-electron chi connectivity index (χ3n) is 4.02. The van der Waals surface area contributed by atoms with Gasteiger partial charge in [-0.2, -0.15) is 0 Å². The summed E-state index contributed by atoms with van der Waals surface area (Å²) in [5.41, 5.74) is 3.17. The lowest BCUT2D eigenvalue weighted by molar-refractivity contribution is -0.115. The van der Waals surface area contributed by atoms with Gasteiger partial charge < -0.3 is 10.1 Å². The standard InChI is InChI=1S/C22H20FNO2/c1-16-13-19(23)11-12-20(16)24-22(25)14-18-9-5-6-10-21(18)26-15-17-7-3-2-4-8-17/h2-13H,14-15H2,1H3,(H,24,25). The number of hydrogen-bond donors (Lipinski definition) is 1. The zero-order valence-electron chi connectivity index (χ0n) is 14.5. The molecule has 3 aromatic rings. The number of rotatable bonds is 6. The van der Waals surface area contributed by atoms with Gasteiger partial charge in [0, 0.05) is 11.3 Å². The minimum atomic E-state index is -0.319. The number of carbonyl (C=O) groups is 1. The highest BCUT2D eigenvalue weighted by molar-refractivity contribution is 5.93. The van der Waals surface area contributed by atoms with Crippen LogP contribution in [0, 0.1) is 12.7 Å². The fraction of sp³-hybridized carbons (Fsp3) is 0.136. The van der Waals surface area contributed by atoms with Crippen LogP contribution in [0.4, 0.5) is 10.1 Å². The zero-order chi connectivity index (χ0) is 18.4. The number of hydrogen-bond acceptors (Lipinski definition) is 2. The molecule has 0 aliphatic heterocycles. The van der Waals surface area contributed by atoms with E-state index in [-0.39, 0.29) is 18.1 Å². The summed E-state index contributed by atoms with van der Waals surface area (Å²) in [7, 11) is 0. The minimum absolute atomic E-state index is 0.171. The average Bonchev–Trinajstić information content (AvgIpc) is 2.64. The number of anilines is 1. The molecule has 0 heterocycles. The number of carbonyl (C=O) groups excluding carboxylic acids is 1. The van der Waals surface area contributed by atoms with Crippen molar-refractivity contribution in [3.8, 4) is 5.75 Å². The summed E-state index contributed by atoms with van der Waals surface area (Å²) in [6.07, 6.45) is 0.182. The molecule has 0 fully saturated rings. The monoisotopic (exact) mass is 349 g/mol. The lowest BCUT2D eigenvalue weighted by atomic mass is 10.1. The number of halogens is 1. The third kappa shape index (κ3) is 4.70. The summed E-state index contributed by atoms with van der Waals surface area (Å²) >= 11 is 0. The first-order chi connectivity index (χ1) is 12.6. The second-order valence-corrected chi connectivity index (χ2v) is 6.07. The van der Waals surface area contributed by atoms with Crippen LogP contribution in [-0.2, 0) is 17.8 Å². The Morgan fingerprint density at radius 1 is 1.00 bits per heavy atom. The predicted octanol–water partition coefficient (Wildman–Crippen LogP) is 4.89. The lowest BCUT2D eigenvalue weighted by Gasteiger charge is -2.12. The fourth-order valence-electron chi connectivity index (χ4n) is 2.66. The molecular formula is C22H20FNO2. The van der Waals surface area contributed by atoms with Crippen molar-refractivity contribution in [2.45, 2.75) is 20.0 Å². The van der Waals surface area contributed by atoms with Crippen molar-refractivity contribution in [2.75, 3.05) is 5.32 Å². The molecule has 3 nitrogen and oxygen atoms in total. The van der Waals surface area contributed by atoms with Gasteiger partial charge in [-0.3, -0.25) is 4.79 Å². The molecule has 132 valence electrons. The van der Waals surface area contributed by atoms with E-state index in [0.717, 1.165) is 11.1 Å². The Kier molecular flexibility index (Phi) is 5.64. The average molecular weight is 349 g/mol. The van der Waals surface area contributed by atoms with Gasteiger partial charge >= 0.3 is 0 Å². The van der Waals surface area contributed by atoms with Crippen molar-refractivity contribution in [3.05, 3.63) is 95.3 Å². The van der Waals surface area contributed by atoms with Crippen molar-refractivity contribution in [1.82, 2.24) is 0 Å². The number of aryl methyl sites for hydroxylation is 1. The SMILES string of the molecule is Cc1cc(F)ccc1NC(=O)Cc1ccccc1OCc1ccccc1. The first kappa shape index (κ1) is 17.7. The molecule has 0 spiro atoms. The summed E-state index contributed by atoms with van der Waals surface area (Å²) in [5, 5.41) is 2.83. The Balaban J connectivity index is 1.66. The van der Waals surface area contributed by atoms with Crippen molar-refractivity contribution in [1.29, 1.82) is 0 Å². The second-order valence-electron chi connectivity index (χ2n) is 6.07. The highest BCUT2D eigenvalue weighted by atomic mass is 19.1. The molecule has 0 unspecified atom stereocenters. The molecule has 3 rings (SSSR count). The van der Waals surface area contributed by atoms with Gasteiger partial charge in [-0.05, 0) is 42.3 Å². The van der Waals surface area contributed by atoms with Crippen molar-refractivity contribution in [2.24, 2.45) is 0 Å². The van der Waals surface area contributed by atoms with E-state index in [4.69, 9.17) is 4.74 Å². The van der Waals surface area contributed by atoms with E-state index in [1.165, 1.54) is 12.1 Å². The van der Waals surface area contributed by atoms with E-state index in [1.807, 2.05) is 54.6 Å². The first-order valence-electron chi connectivity index (χ1n) is 8.42. The van der Waals surface area contributed by atoms with E-state index >= 15 is 0 Å². The quantitative estimate of drug-likeness (QED) is 0.688. The lowest BCUT2D eigenvalue weighted by Crippen LogP contribution is -2.16. The Morgan fingerprint density at radius 2 is 1.73 bits per heavy atom. The topological polar surface area (TPSA) is 38.3 Å². The molecular weight excluding hydrogens is 329 g/mol. The molecule has 1 amide bonds. The number of ether oxygens (including phenoxy) is 1. The summed E-state index contributed by atoms with van der Waals surface area (Å²) < 4.78 is 19.1. The Labute approximate surface area is 152 Å². The highest BCUT2D eigenvalue weighted by Crippen LogP contribution is 2.21. The Morgan fingerprint density at radius 3 is 2.50 bits per heavy atom. The minimum Gasteiger partial charge on any atom is -0.489 e. The summed E-state index contributed by atoms with van der Waals surface area (Å²) in [4.78, 5) is 12.4. The van der Waals surface area contributed by atoms with Gasteiger partial charge in [0.15, 0.2) is 0 Å². The Hall–Kier alpha value is -3.14. The molecule has 0 atom stereocenters. The van der Waals surface area contributed by atoms with Crippen molar-refractivity contribution < 1.29 is 13.9 Å². The van der Waals surface area contributed by atoms with Gasteiger partial charge in [-0.1, -0.05) is 48.5 Å². The van der Waals surface area contributed by atoms with Crippen LogP contribution in [0.1, 0.15) is 16.7 Å². The van der Waals surface area contributed by atoms with E-state index in [2.05, 4.69) is 5.32 Å². The van der Waals surface area contributed by atoms with Gasteiger partial charge in [-0.25, -0.2) is 4.39 Å². The molecule has 0 radical (unpaired) electrons. The first-order valence-corrected chi connectivity index (χ1v) is 8.42. The van der Waals surface area contributed by atoms with Gasteiger partial charge in [0.05, 0.1) is 6.42 Å². The molecule has 0 bridgehead atoms. The highest BCUT2D eigenvalue weighted by Gasteiger charge is 2.11. The molecule has 0 aliphatic carbocycles. The largest absolute Gasteiger partial charge is 0.489 e. The predicted molar refractivity (Wildman–Crippen MR) is 101 cm³/mol. The number of benzene rings is 3. The van der Waals surface area contributed by atoms with Crippen LogP contribution in [0.15, 0.2) is 72.8 Å². The Bertz CT molecular complexity index is 894.